The van der Waals surface area contributed by atoms with Crippen LogP contribution in [0.1, 0.15) is 11.1 Å². The van der Waals surface area contributed by atoms with E-state index >= 15 is 0 Å². The largest absolute Gasteiger partial charge is 0.506 e. The van der Waals surface area contributed by atoms with Crippen molar-refractivity contribution < 1.29 is 14.6 Å². The molecule has 0 unspecified atom stereocenters. The van der Waals surface area contributed by atoms with E-state index in [1.165, 1.54) is 0 Å². The highest BCUT2D eigenvalue weighted by Crippen LogP contribution is 2.27. The Balaban J connectivity index is 2.33. The van der Waals surface area contributed by atoms with Gasteiger partial charge in [-0.05, 0) is 36.8 Å². The van der Waals surface area contributed by atoms with Crippen LogP contribution in [-0.2, 0) is 0 Å². The summed E-state index contributed by atoms with van der Waals surface area (Å²) in [4.78, 5) is 4.30. The van der Waals surface area contributed by atoms with E-state index in [1.54, 1.807) is 32.6 Å². The number of rotatable bonds is 4. The predicted octanol–water partition coefficient (Wildman–Crippen LogP) is 3.47. The Morgan fingerprint density at radius 3 is 2.25 bits per heavy atom. The number of phenols is 1. The highest BCUT2D eigenvalue weighted by molar-refractivity contribution is 5.84. The van der Waals surface area contributed by atoms with Gasteiger partial charge in [-0.1, -0.05) is 6.07 Å². The van der Waals surface area contributed by atoms with Crippen molar-refractivity contribution in [1.29, 1.82) is 0 Å². The maximum absolute atomic E-state index is 9.75. The zero-order chi connectivity index (χ0) is 14.5. The first-order chi connectivity index (χ1) is 9.62. The Morgan fingerprint density at radius 2 is 1.65 bits per heavy atom. The normalized spacial score (nSPS) is 10.8. The first kappa shape index (κ1) is 13.9. The van der Waals surface area contributed by atoms with Crippen molar-refractivity contribution >= 4 is 11.9 Å². The number of benzene rings is 2. The predicted molar refractivity (Wildman–Crippen MR) is 79.6 cm³/mol. The van der Waals surface area contributed by atoms with E-state index in [0.717, 1.165) is 11.1 Å². The van der Waals surface area contributed by atoms with Crippen molar-refractivity contribution in [1.82, 2.24) is 0 Å². The Hall–Kier alpha value is -2.49. The van der Waals surface area contributed by atoms with Gasteiger partial charge in [0, 0.05) is 17.8 Å². The molecule has 0 atom stereocenters. The summed E-state index contributed by atoms with van der Waals surface area (Å²) in [6, 6.07) is 10.8. The van der Waals surface area contributed by atoms with Crippen molar-refractivity contribution in [3.05, 3.63) is 47.5 Å². The van der Waals surface area contributed by atoms with Gasteiger partial charge in [0.05, 0.1) is 14.2 Å². The molecule has 0 saturated carbocycles. The van der Waals surface area contributed by atoms with Crippen LogP contribution in [0.25, 0.3) is 0 Å². The number of methoxy groups -OCH3 is 2. The van der Waals surface area contributed by atoms with Crippen LogP contribution in [0.5, 0.6) is 17.2 Å². The molecule has 20 heavy (non-hydrogen) atoms. The van der Waals surface area contributed by atoms with Crippen LogP contribution in [0, 0.1) is 6.92 Å². The molecule has 0 bridgehead atoms. The van der Waals surface area contributed by atoms with E-state index in [1.807, 2.05) is 31.2 Å². The molecule has 2 rings (SSSR count). The van der Waals surface area contributed by atoms with Crippen LogP contribution in [0.4, 0.5) is 5.69 Å². The van der Waals surface area contributed by atoms with Gasteiger partial charge in [0.25, 0.3) is 0 Å². The van der Waals surface area contributed by atoms with Gasteiger partial charge in [0.2, 0.25) is 0 Å². The SMILES string of the molecule is COc1cc(C=Nc2cc(C)ccc2O)cc(OC)c1. The number of aryl methyl sites for hydroxylation is 1. The molecule has 2 aromatic rings. The van der Waals surface area contributed by atoms with E-state index in [0.29, 0.717) is 17.2 Å². The fraction of sp³-hybridized carbons (Fsp3) is 0.188. The van der Waals surface area contributed by atoms with E-state index in [2.05, 4.69) is 4.99 Å². The van der Waals surface area contributed by atoms with Crippen LogP contribution < -0.4 is 9.47 Å². The standard InChI is InChI=1S/C16H17NO3/c1-11-4-5-16(18)15(6-11)17-10-12-7-13(19-2)9-14(8-12)20-3/h4-10,18H,1-3H3. The first-order valence-electron chi connectivity index (χ1n) is 6.19. The fourth-order valence-corrected chi connectivity index (χ4v) is 1.78. The van der Waals surface area contributed by atoms with Gasteiger partial charge in [0.15, 0.2) is 0 Å². The summed E-state index contributed by atoms with van der Waals surface area (Å²) in [7, 11) is 3.20. The van der Waals surface area contributed by atoms with Gasteiger partial charge < -0.3 is 14.6 Å². The number of nitrogens with zero attached hydrogens (tertiary/aromatic N) is 1. The number of aliphatic imine (C=N–C) groups is 1. The summed E-state index contributed by atoms with van der Waals surface area (Å²) in [5.74, 6) is 1.54. The van der Waals surface area contributed by atoms with Crippen molar-refractivity contribution in [2.45, 2.75) is 6.92 Å². The molecular weight excluding hydrogens is 254 g/mol. The average Bonchev–Trinajstić information content (AvgIpc) is 2.47. The van der Waals surface area contributed by atoms with Crippen molar-refractivity contribution in [2.75, 3.05) is 14.2 Å². The molecule has 0 aliphatic heterocycles. The minimum atomic E-state index is 0.154. The van der Waals surface area contributed by atoms with Gasteiger partial charge in [-0.25, -0.2) is 0 Å². The molecule has 0 amide bonds. The number of hydrogen-bond donors (Lipinski definition) is 1. The van der Waals surface area contributed by atoms with Gasteiger partial charge >= 0.3 is 0 Å². The molecule has 104 valence electrons. The summed E-state index contributed by atoms with van der Waals surface area (Å²) in [6.07, 6.45) is 1.67. The summed E-state index contributed by atoms with van der Waals surface area (Å²) >= 11 is 0. The van der Waals surface area contributed by atoms with Crippen LogP contribution in [0.3, 0.4) is 0 Å². The van der Waals surface area contributed by atoms with E-state index in [9.17, 15) is 5.11 Å². The monoisotopic (exact) mass is 271 g/mol. The molecule has 0 spiro atoms. The topological polar surface area (TPSA) is 51.0 Å². The molecule has 0 saturated heterocycles. The second-order valence-corrected chi connectivity index (χ2v) is 4.40. The summed E-state index contributed by atoms with van der Waals surface area (Å²) < 4.78 is 10.4. The number of aromatic hydroxyl groups is 1. The molecule has 1 N–H and O–H groups in total. The third-order valence-electron chi connectivity index (χ3n) is 2.86. The lowest BCUT2D eigenvalue weighted by Gasteiger charge is -2.05. The highest BCUT2D eigenvalue weighted by Gasteiger charge is 2.01. The Labute approximate surface area is 118 Å². The van der Waals surface area contributed by atoms with Crippen LogP contribution in [-0.4, -0.2) is 25.5 Å². The zero-order valence-electron chi connectivity index (χ0n) is 11.8. The highest BCUT2D eigenvalue weighted by atomic mass is 16.5. The Morgan fingerprint density at radius 1 is 1.00 bits per heavy atom. The molecule has 2 aromatic carbocycles. The van der Waals surface area contributed by atoms with E-state index < -0.39 is 0 Å². The van der Waals surface area contributed by atoms with Crippen molar-refractivity contribution in [3.8, 4) is 17.2 Å². The third-order valence-corrected chi connectivity index (χ3v) is 2.86. The summed E-state index contributed by atoms with van der Waals surface area (Å²) in [5.41, 5.74) is 2.41. The maximum atomic E-state index is 9.75. The fourth-order valence-electron chi connectivity index (χ4n) is 1.78. The molecule has 0 fully saturated rings. The molecule has 0 aliphatic rings. The van der Waals surface area contributed by atoms with Gasteiger partial charge in [-0.15, -0.1) is 0 Å². The summed E-state index contributed by atoms with van der Waals surface area (Å²) in [6.45, 7) is 1.95. The van der Waals surface area contributed by atoms with E-state index in [4.69, 9.17) is 9.47 Å². The van der Waals surface area contributed by atoms with Crippen LogP contribution in [0.15, 0.2) is 41.4 Å². The third kappa shape index (κ3) is 3.29. The second-order valence-electron chi connectivity index (χ2n) is 4.40. The van der Waals surface area contributed by atoms with Crippen LogP contribution in [0.2, 0.25) is 0 Å². The molecular formula is C16H17NO3. The lowest BCUT2D eigenvalue weighted by molar-refractivity contribution is 0.394. The number of phenolic OH excluding ortho intramolecular Hbond substituents is 1. The quantitative estimate of drug-likeness (QED) is 0.866. The van der Waals surface area contributed by atoms with Gasteiger partial charge in [-0.2, -0.15) is 0 Å². The minimum Gasteiger partial charge on any atom is -0.506 e. The summed E-state index contributed by atoms with van der Waals surface area (Å²) in [5, 5.41) is 9.75. The Kier molecular flexibility index (Phi) is 4.25. The number of hydrogen-bond acceptors (Lipinski definition) is 4. The number of ether oxygens (including phenoxy) is 2. The second kappa shape index (κ2) is 6.10. The molecule has 0 radical (unpaired) electrons. The maximum Gasteiger partial charge on any atom is 0.141 e. The minimum absolute atomic E-state index is 0.154. The molecule has 0 aliphatic carbocycles. The van der Waals surface area contributed by atoms with Gasteiger partial charge in [-0.3, -0.25) is 4.99 Å². The molecule has 4 heteroatoms. The van der Waals surface area contributed by atoms with Crippen molar-refractivity contribution in [2.24, 2.45) is 4.99 Å². The lowest BCUT2D eigenvalue weighted by atomic mass is 10.2. The first-order valence-corrected chi connectivity index (χ1v) is 6.19. The van der Waals surface area contributed by atoms with E-state index in [-0.39, 0.29) is 5.75 Å². The Bertz CT molecular complexity index is 613. The van der Waals surface area contributed by atoms with Crippen molar-refractivity contribution in [3.63, 3.8) is 0 Å². The molecule has 4 nitrogen and oxygen atoms in total. The zero-order valence-corrected chi connectivity index (χ0v) is 11.8. The lowest BCUT2D eigenvalue weighted by Crippen LogP contribution is -1.90. The smallest absolute Gasteiger partial charge is 0.141 e. The molecule has 0 heterocycles. The molecule has 0 aromatic heterocycles. The average molecular weight is 271 g/mol. The van der Waals surface area contributed by atoms with Gasteiger partial charge in [0.1, 0.15) is 22.9 Å². The van der Waals surface area contributed by atoms with Crippen LogP contribution >= 0.6 is 0 Å².